The van der Waals surface area contributed by atoms with Gasteiger partial charge >= 0.3 is 0 Å². The monoisotopic (exact) mass is 174 g/mol. The Morgan fingerprint density at radius 3 is 2.85 bits per heavy atom. The third-order valence-electron chi connectivity index (χ3n) is 3.74. The fourth-order valence-electron chi connectivity index (χ4n) is 3.25. The minimum atomic E-state index is 0.294. The van der Waals surface area contributed by atoms with Crippen LogP contribution in [-0.2, 0) is 4.74 Å². The Kier molecular flexibility index (Phi) is 1.43. The molecule has 0 N–H and O–H groups in total. The van der Waals surface area contributed by atoms with E-state index in [1.54, 1.807) is 6.26 Å². The molecule has 1 nitrogen and oxygen atoms in total. The van der Waals surface area contributed by atoms with Crippen LogP contribution in [-0.4, -0.2) is 6.10 Å². The summed E-state index contributed by atoms with van der Waals surface area (Å²) < 4.78 is 5.51. The number of ether oxygens (including phenoxy) is 1. The highest BCUT2D eigenvalue weighted by atomic mass is 16.5. The minimum absolute atomic E-state index is 0.294. The number of fused-ring (bicyclic) bond motifs is 5. The lowest BCUT2D eigenvalue weighted by molar-refractivity contribution is 0.110. The Morgan fingerprint density at radius 1 is 1.15 bits per heavy atom. The summed E-state index contributed by atoms with van der Waals surface area (Å²) in [7, 11) is 0. The van der Waals surface area contributed by atoms with Gasteiger partial charge in [-0.25, -0.2) is 0 Å². The first kappa shape index (κ1) is 7.43. The van der Waals surface area contributed by atoms with Crippen molar-refractivity contribution in [1.82, 2.24) is 0 Å². The molecule has 0 aliphatic heterocycles. The lowest BCUT2D eigenvalue weighted by Crippen LogP contribution is -2.25. The van der Waals surface area contributed by atoms with Crippen molar-refractivity contribution in [3.05, 3.63) is 37.1 Å². The average Bonchev–Trinajstić information content (AvgIpc) is 2.74. The molecule has 13 heavy (non-hydrogen) atoms. The van der Waals surface area contributed by atoms with Crippen LogP contribution in [0.25, 0.3) is 0 Å². The van der Waals surface area contributed by atoms with Crippen LogP contribution in [0.2, 0.25) is 0 Å². The molecule has 0 spiro atoms. The summed E-state index contributed by atoms with van der Waals surface area (Å²) in [6.45, 7) is 3.63. The SMILES string of the molecule is C=CO[C@@H]1C=C[C@@H]2[C@H]1[C@H]1C=C[C@@H]2C1. The molecule has 0 aromatic rings. The van der Waals surface area contributed by atoms with Crippen LogP contribution in [0.3, 0.4) is 0 Å². The molecular formula is C12H14O. The molecule has 3 aliphatic rings. The first-order valence-electron chi connectivity index (χ1n) is 5.03. The van der Waals surface area contributed by atoms with E-state index in [0.717, 1.165) is 17.8 Å². The van der Waals surface area contributed by atoms with Gasteiger partial charge in [0.1, 0.15) is 6.10 Å². The van der Waals surface area contributed by atoms with Crippen LogP contribution in [0.15, 0.2) is 37.1 Å². The predicted molar refractivity (Wildman–Crippen MR) is 51.9 cm³/mol. The maximum atomic E-state index is 5.51. The zero-order valence-corrected chi connectivity index (χ0v) is 7.60. The second-order valence-electron chi connectivity index (χ2n) is 4.26. The van der Waals surface area contributed by atoms with Crippen molar-refractivity contribution in [2.24, 2.45) is 23.7 Å². The highest BCUT2D eigenvalue weighted by Gasteiger charge is 2.49. The largest absolute Gasteiger partial charge is 0.494 e. The van der Waals surface area contributed by atoms with Gasteiger partial charge in [-0.2, -0.15) is 0 Å². The van der Waals surface area contributed by atoms with Crippen molar-refractivity contribution >= 4 is 0 Å². The number of allylic oxidation sites excluding steroid dienone is 3. The van der Waals surface area contributed by atoms with Gasteiger partial charge in [0.05, 0.1) is 6.26 Å². The highest BCUT2D eigenvalue weighted by molar-refractivity contribution is 5.25. The summed E-state index contributed by atoms with van der Waals surface area (Å²) in [5, 5.41) is 0. The molecule has 0 unspecified atom stereocenters. The van der Waals surface area contributed by atoms with Crippen molar-refractivity contribution < 1.29 is 4.74 Å². The van der Waals surface area contributed by atoms with Crippen molar-refractivity contribution in [3.8, 4) is 0 Å². The number of hydrogen-bond donors (Lipinski definition) is 0. The molecule has 1 saturated carbocycles. The summed E-state index contributed by atoms with van der Waals surface area (Å²) in [5.41, 5.74) is 0. The molecular weight excluding hydrogens is 160 g/mol. The van der Waals surface area contributed by atoms with Crippen LogP contribution in [0.4, 0.5) is 0 Å². The summed E-state index contributed by atoms with van der Waals surface area (Å²) in [4.78, 5) is 0. The molecule has 68 valence electrons. The van der Waals surface area contributed by atoms with Crippen molar-refractivity contribution in [2.45, 2.75) is 12.5 Å². The molecule has 1 fully saturated rings. The third kappa shape index (κ3) is 0.874. The quantitative estimate of drug-likeness (QED) is 0.461. The molecule has 3 aliphatic carbocycles. The molecule has 0 heterocycles. The van der Waals surface area contributed by atoms with E-state index in [9.17, 15) is 0 Å². The van der Waals surface area contributed by atoms with Crippen LogP contribution in [0, 0.1) is 23.7 Å². The maximum absolute atomic E-state index is 5.51. The summed E-state index contributed by atoms with van der Waals surface area (Å²) in [5.74, 6) is 3.01. The first-order chi connectivity index (χ1) is 6.40. The number of rotatable bonds is 2. The molecule has 5 atom stereocenters. The Labute approximate surface area is 78.8 Å². The minimum Gasteiger partial charge on any atom is -0.494 e. The molecule has 0 aromatic heterocycles. The van der Waals surface area contributed by atoms with E-state index in [-0.39, 0.29) is 0 Å². The Hall–Kier alpha value is -0.980. The molecule has 0 aromatic carbocycles. The van der Waals surface area contributed by atoms with Crippen LogP contribution < -0.4 is 0 Å². The molecule has 0 amide bonds. The van der Waals surface area contributed by atoms with Gasteiger partial charge in [0, 0.05) is 5.92 Å². The van der Waals surface area contributed by atoms with Gasteiger partial charge in [0.25, 0.3) is 0 Å². The number of hydrogen-bond acceptors (Lipinski definition) is 1. The molecule has 0 radical (unpaired) electrons. The summed E-state index contributed by atoms with van der Waals surface area (Å²) in [6.07, 6.45) is 12.5. The summed E-state index contributed by atoms with van der Waals surface area (Å²) in [6, 6.07) is 0. The molecule has 0 saturated heterocycles. The van der Waals surface area contributed by atoms with Crippen molar-refractivity contribution in [3.63, 3.8) is 0 Å². The Morgan fingerprint density at radius 2 is 2.00 bits per heavy atom. The first-order valence-corrected chi connectivity index (χ1v) is 5.03. The molecule has 2 bridgehead atoms. The van der Waals surface area contributed by atoms with Crippen LogP contribution >= 0.6 is 0 Å². The van der Waals surface area contributed by atoms with Crippen molar-refractivity contribution in [2.75, 3.05) is 0 Å². The maximum Gasteiger partial charge on any atom is 0.120 e. The van der Waals surface area contributed by atoms with E-state index in [4.69, 9.17) is 4.74 Å². The van der Waals surface area contributed by atoms with Gasteiger partial charge < -0.3 is 4.74 Å². The standard InChI is InChI=1S/C12H14O/c1-2-13-11-6-5-10-8-3-4-9(7-8)12(10)11/h2-6,8-12H,1,7H2/t8-,9+,10+,11-,12-/m1/s1. The van der Waals surface area contributed by atoms with Gasteiger partial charge in [-0.05, 0) is 30.3 Å². The highest BCUT2D eigenvalue weighted by Crippen LogP contribution is 2.53. The predicted octanol–water partition coefficient (Wildman–Crippen LogP) is 2.52. The molecule has 1 heteroatoms. The normalized spacial score (nSPS) is 49.7. The zero-order chi connectivity index (χ0) is 8.84. The topological polar surface area (TPSA) is 9.23 Å². The second-order valence-corrected chi connectivity index (χ2v) is 4.26. The summed E-state index contributed by atoms with van der Waals surface area (Å²) >= 11 is 0. The van der Waals surface area contributed by atoms with Gasteiger partial charge in [0.15, 0.2) is 0 Å². The van der Waals surface area contributed by atoms with Gasteiger partial charge in [0.2, 0.25) is 0 Å². The zero-order valence-electron chi connectivity index (χ0n) is 7.60. The Balaban J connectivity index is 1.87. The van der Waals surface area contributed by atoms with E-state index in [1.807, 2.05) is 0 Å². The third-order valence-corrected chi connectivity index (χ3v) is 3.74. The van der Waals surface area contributed by atoms with E-state index in [0.29, 0.717) is 12.0 Å². The van der Waals surface area contributed by atoms with E-state index < -0.39 is 0 Å². The van der Waals surface area contributed by atoms with Crippen LogP contribution in [0.5, 0.6) is 0 Å². The second kappa shape index (κ2) is 2.50. The average molecular weight is 174 g/mol. The lowest BCUT2D eigenvalue weighted by atomic mass is 9.84. The van der Waals surface area contributed by atoms with Gasteiger partial charge in [-0.3, -0.25) is 0 Å². The molecule has 3 rings (SSSR count). The van der Waals surface area contributed by atoms with Gasteiger partial charge in [-0.1, -0.05) is 24.8 Å². The fourth-order valence-corrected chi connectivity index (χ4v) is 3.25. The van der Waals surface area contributed by atoms with Crippen molar-refractivity contribution in [1.29, 1.82) is 0 Å². The lowest BCUT2D eigenvalue weighted by Gasteiger charge is -2.25. The van der Waals surface area contributed by atoms with E-state index in [2.05, 4.69) is 30.9 Å². The van der Waals surface area contributed by atoms with Gasteiger partial charge in [-0.15, -0.1) is 0 Å². The van der Waals surface area contributed by atoms with E-state index in [1.165, 1.54) is 6.42 Å². The van der Waals surface area contributed by atoms with Crippen LogP contribution in [0.1, 0.15) is 6.42 Å². The Bertz CT molecular complexity index is 289. The van der Waals surface area contributed by atoms with E-state index >= 15 is 0 Å². The smallest absolute Gasteiger partial charge is 0.120 e. The fraction of sp³-hybridized carbons (Fsp3) is 0.500.